The van der Waals surface area contributed by atoms with Crippen molar-refractivity contribution in [3.63, 3.8) is 0 Å². The highest BCUT2D eigenvalue weighted by Gasteiger charge is 2.47. The van der Waals surface area contributed by atoms with Gasteiger partial charge in [-0.25, -0.2) is 22.8 Å². The van der Waals surface area contributed by atoms with Crippen LogP contribution in [0.25, 0.3) is 11.1 Å². The van der Waals surface area contributed by atoms with Crippen LogP contribution in [0.5, 0.6) is 0 Å². The summed E-state index contributed by atoms with van der Waals surface area (Å²) in [5.41, 5.74) is 1.64. The maximum atomic E-state index is 14.9. The van der Waals surface area contributed by atoms with Crippen LogP contribution in [-0.2, 0) is 17.8 Å². The molecule has 3 aromatic carbocycles. The zero-order chi connectivity index (χ0) is 30.3. The Hall–Kier alpha value is -4.35. The molecule has 0 saturated carbocycles. The average molecular weight is 611 g/mol. The summed E-state index contributed by atoms with van der Waals surface area (Å²) in [5, 5.41) is 14.4. The van der Waals surface area contributed by atoms with Gasteiger partial charge in [0.15, 0.2) is 17.5 Å². The number of piperidine rings is 1. The lowest BCUT2D eigenvalue weighted by Gasteiger charge is -2.37. The van der Waals surface area contributed by atoms with E-state index in [2.05, 4.69) is 10.00 Å². The van der Waals surface area contributed by atoms with Crippen molar-refractivity contribution in [2.24, 2.45) is 0 Å². The van der Waals surface area contributed by atoms with Crippen LogP contribution in [0.15, 0.2) is 66.9 Å². The van der Waals surface area contributed by atoms with Crippen molar-refractivity contribution in [2.75, 3.05) is 24.5 Å². The second-order valence-electron chi connectivity index (χ2n) is 10.8. The standard InChI is InChI=1S/C31H26ClF3N4O4/c32-21-5-1-19(2-6-21)15-38-16-24(23-9-10-25(33)28(35)27(23)34)26(36-38)17-37-13-11-31(12-14-37)18-39(30(42)43-31)22-7-3-20(4-8-22)29(40)41/h1-10,16H,11-15,17-18H2,(H,40,41). The van der Waals surface area contributed by atoms with E-state index in [1.165, 1.54) is 23.1 Å². The first-order valence-corrected chi connectivity index (χ1v) is 14.0. The molecule has 0 aliphatic carbocycles. The van der Waals surface area contributed by atoms with Crippen molar-refractivity contribution in [3.8, 4) is 11.1 Å². The second-order valence-corrected chi connectivity index (χ2v) is 11.2. The topological polar surface area (TPSA) is 87.9 Å². The molecule has 1 spiro atoms. The molecule has 6 rings (SSSR count). The van der Waals surface area contributed by atoms with Crippen LogP contribution in [0.1, 0.15) is 34.5 Å². The predicted octanol–water partition coefficient (Wildman–Crippen LogP) is 6.36. The fourth-order valence-electron chi connectivity index (χ4n) is 5.59. The number of ether oxygens (including phenoxy) is 1. The number of carboxylic acids is 1. The van der Waals surface area contributed by atoms with Gasteiger partial charge in [-0.1, -0.05) is 23.7 Å². The Labute approximate surface area is 249 Å². The molecule has 0 unspecified atom stereocenters. The summed E-state index contributed by atoms with van der Waals surface area (Å²) in [6.07, 6.45) is 2.19. The lowest BCUT2D eigenvalue weighted by molar-refractivity contribution is -0.00124. The molecule has 8 nitrogen and oxygen atoms in total. The summed E-state index contributed by atoms with van der Waals surface area (Å²) in [4.78, 5) is 27.5. The maximum Gasteiger partial charge on any atom is 0.415 e. The molecular weight excluding hydrogens is 585 g/mol. The number of carboxylic acid groups (broad SMARTS) is 1. The van der Waals surface area contributed by atoms with Gasteiger partial charge in [-0.15, -0.1) is 0 Å². The first-order valence-electron chi connectivity index (χ1n) is 13.6. The van der Waals surface area contributed by atoms with E-state index in [-0.39, 0.29) is 11.1 Å². The highest BCUT2D eigenvalue weighted by Crippen LogP contribution is 2.37. The van der Waals surface area contributed by atoms with E-state index in [1.807, 2.05) is 12.1 Å². The molecule has 222 valence electrons. The summed E-state index contributed by atoms with van der Waals surface area (Å²) in [5.74, 6) is -5.14. The van der Waals surface area contributed by atoms with Crippen LogP contribution in [0, 0.1) is 17.5 Å². The fourth-order valence-corrected chi connectivity index (χ4v) is 5.72. The zero-order valence-electron chi connectivity index (χ0n) is 22.8. The first kappa shape index (κ1) is 28.8. The number of benzene rings is 3. The van der Waals surface area contributed by atoms with E-state index in [1.54, 1.807) is 35.1 Å². The summed E-state index contributed by atoms with van der Waals surface area (Å²) >= 11 is 6.00. The highest BCUT2D eigenvalue weighted by atomic mass is 35.5. The molecule has 4 aromatic rings. The third kappa shape index (κ3) is 5.82. The Morgan fingerprint density at radius 1 is 0.930 bits per heavy atom. The number of hydrogen-bond acceptors (Lipinski definition) is 5. The number of anilines is 1. The third-order valence-electron chi connectivity index (χ3n) is 7.96. The lowest BCUT2D eigenvalue weighted by Crippen LogP contribution is -2.46. The van der Waals surface area contributed by atoms with E-state index in [4.69, 9.17) is 21.4 Å². The normalized spacial score (nSPS) is 16.6. The summed E-state index contributed by atoms with van der Waals surface area (Å²) in [6.45, 7) is 2.09. The number of carbonyl (C=O) groups excluding carboxylic acids is 1. The number of amides is 1. The van der Waals surface area contributed by atoms with E-state index >= 15 is 0 Å². The monoisotopic (exact) mass is 610 g/mol. The Kier molecular flexibility index (Phi) is 7.61. The molecule has 2 saturated heterocycles. The zero-order valence-corrected chi connectivity index (χ0v) is 23.5. The highest BCUT2D eigenvalue weighted by molar-refractivity contribution is 6.30. The summed E-state index contributed by atoms with van der Waals surface area (Å²) in [6, 6.07) is 15.4. The van der Waals surface area contributed by atoms with Crippen LogP contribution < -0.4 is 4.90 Å². The number of hydrogen-bond donors (Lipinski definition) is 1. The molecule has 2 aliphatic rings. The minimum absolute atomic E-state index is 0.0842. The molecule has 0 bridgehead atoms. The van der Waals surface area contributed by atoms with Crippen LogP contribution in [0.4, 0.5) is 23.7 Å². The predicted molar refractivity (Wildman–Crippen MR) is 153 cm³/mol. The van der Waals surface area contributed by atoms with Crippen LogP contribution in [0.2, 0.25) is 5.02 Å². The maximum absolute atomic E-state index is 14.9. The van der Waals surface area contributed by atoms with Crippen LogP contribution >= 0.6 is 11.6 Å². The fraction of sp³-hybridized carbons (Fsp3) is 0.258. The summed E-state index contributed by atoms with van der Waals surface area (Å²) in [7, 11) is 0. The second kappa shape index (κ2) is 11.4. The van der Waals surface area contributed by atoms with Gasteiger partial charge < -0.3 is 9.84 Å². The largest absolute Gasteiger partial charge is 0.478 e. The quantitative estimate of drug-likeness (QED) is 0.245. The lowest BCUT2D eigenvalue weighted by atomic mass is 9.91. The van der Waals surface area contributed by atoms with Crippen molar-refractivity contribution in [1.29, 1.82) is 0 Å². The Morgan fingerprint density at radius 2 is 1.63 bits per heavy atom. The van der Waals surface area contributed by atoms with Crippen molar-refractivity contribution in [3.05, 3.63) is 106 Å². The Balaban J connectivity index is 1.19. The smallest absolute Gasteiger partial charge is 0.415 e. The van der Waals surface area contributed by atoms with E-state index in [9.17, 15) is 22.8 Å². The Bertz CT molecular complexity index is 1690. The molecule has 0 atom stereocenters. The molecule has 2 fully saturated rings. The SMILES string of the molecule is O=C(O)c1ccc(N2CC3(CCN(Cc4nn(Cc5ccc(Cl)cc5)cc4-c4ccc(F)c(F)c4F)CC3)OC2=O)cc1. The average Bonchev–Trinajstić information content (AvgIpc) is 3.54. The summed E-state index contributed by atoms with van der Waals surface area (Å²) < 4.78 is 50.3. The minimum Gasteiger partial charge on any atom is -0.478 e. The van der Waals surface area contributed by atoms with Crippen LogP contribution in [-0.4, -0.2) is 57.1 Å². The van der Waals surface area contributed by atoms with Crippen molar-refractivity contribution < 1.29 is 32.6 Å². The molecule has 43 heavy (non-hydrogen) atoms. The van der Waals surface area contributed by atoms with Gasteiger partial charge in [-0.05, 0) is 54.1 Å². The molecule has 0 radical (unpaired) electrons. The number of aromatic nitrogens is 2. The Morgan fingerprint density at radius 3 is 2.30 bits per heavy atom. The van der Waals surface area contributed by atoms with Gasteiger partial charge in [0.2, 0.25) is 0 Å². The van der Waals surface area contributed by atoms with E-state index < -0.39 is 35.1 Å². The van der Waals surface area contributed by atoms with Crippen molar-refractivity contribution in [2.45, 2.75) is 31.5 Å². The minimum atomic E-state index is -1.54. The van der Waals surface area contributed by atoms with E-state index in [0.717, 1.165) is 11.6 Å². The van der Waals surface area contributed by atoms with Gasteiger partial charge in [0.05, 0.1) is 24.3 Å². The van der Waals surface area contributed by atoms with Crippen molar-refractivity contribution >= 4 is 29.4 Å². The molecule has 3 heterocycles. The van der Waals surface area contributed by atoms with Gasteiger partial charge in [-0.3, -0.25) is 14.5 Å². The van der Waals surface area contributed by atoms with Gasteiger partial charge in [0.1, 0.15) is 5.60 Å². The number of halogens is 4. The number of aromatic carboxylic acids is 1. The van der Waals surface area contributed by atoms with Gasteiger partial charge >= 0.3 is 12.1 Å². The number of likely N-dealkylation sites (tertiary alicyclic amines) is 1. The molecule has 2 aliphatic heterocycles. The van der Waals surface area contributed by atoms with Crippen molar-refractivity contribution in [1.82, 2.24) is 14.7 Å². The molecule has 1 aromatic heterocycles. The van der Waals surface area contributed by atoms with Crippen LogP contribution in [0.3, 0.4) is 0 Å². The van der Waals surface area contributed by atoms with Gasteiger partial charge in [-0.2, -0.15) is 5.10 Å². The molecule has 1 amide bonds. The molecule has 12 heteroatoms. The number of nitrogens with zero attached hydrogens (tertiary/aromatic N) is 4. The number of carbonyl (C=O) groups is 2. The molecular formula is C31H26ClF3N4O4. The number of rotatable bonds is 7. The third-order valence-corrected chi connectivity index (χ3v) is 8.21. The first-order chi connectivity index (χ1) is 20.6. The van der Waals surface area contributed by atoms with E-state index in [0.29, 0.717) is 67.5 Å². The van der Waals surface area contributed by atoms with Gasteiger partial charge in [0.25, 0.3) is 0 Å². The van der Waals surface area contributed by atoms with Gasteiger partial charge in [0, 0.05) is 60.5 Å². The molecule has 1 N–H and O–H groups in total.